The molecule has 0 unspecified atom stereocenters. The van der Waals surface area contributed by atoms with Gasteiger partial charge in [0.25, 0.3) is 0 Å². The Morgan fingerprint density at radius 3 is 2.43 bits per heavy atom. The van der Waals surface area contributed by atoms with Crippen molar-refractivity contribution < 1.29 is 22.7 Å². The summed E-state index contributed by atoms with van der Waals surface area (Å²) < 4.78 is 43.4. The van der Waals surface area contributed by atoms with E-state index in [1.54, 1.807) is 0 Å². The molecule has 2 heterocycles. The van der Waals surface area contributed by atoms with Crippen LogP contribution >= 0.6 is 0 Å². The van der Waals surface area contributed by atoms with Crippen LogP contribution in [-0.4, -0.2) is 32.6 Å². The average molecular weight is 300 g/mol. The summed E-state index contributed by atoms with van der Waals surface area (Å²) >= 11 is 0. The van der Waals surface area contributed by atoms with Gasteiger partial charge in [0.05, 0.1) is 19.5 Å². The summed E-state index contributed by atoms with van der Waals surface area (Å²) in [6.45, 7) is 1.41. The van der Waals surface area contributed by atoms with E-state index in [-0.39, 0.29) is 23.8 Å². The van der Waals surface area contributed by atoms with Crippen molar-refractivity contribution in [3.05, 3.63) is 30.0 Å². The molecule has 0 fully saturated rings. The maximum absolute atomic E-state index is 12.4. The standard InChI is InChI=1S/C12H11F3N4O2/c1-7(20)3-8-6-19(18-10(8)21-2)9-4-16-11(17-5-9)12(13,14)15/h4-6H,3H2,1-2H3. The zero-order chi connectivity index (χ0) is 15.6. The largest absolute Gasteiger partial charge is 0.480 e. The number of alkyl halides is 3. The summed E-state index contributed by atoms with van der Waals surface area (Å²) in [5.41, 5.74) is 0.765. The molecule has 0 bridgehead atoms. The number of nitrogens with zero attached hydrogens (tertiary/aromatic N) is 4. The zero-order valence-electron chi connectivity index (χ0n) is 11.2. The van der Waals surface area contributed by atoms with Crippen molar-refractivity contribution in [1.82, 2.24) is 19.7 Å². The number of carbonyl (C=O) groups is 1. The summed E-state index contributed by atoms with van der Waals surface area (Å²) in [6, 6.07) is 0. The van der Waals surface area contributed by atoms with E-state index in [2.05, 4.69) is 15.1 Å². The number of rotatable bonds is 4. The van der Waals surface area contributed by atoms with Crippen molar-refractivity contribution in [2.75, 3.05) is 7.11 Å². The number of aromatic nitrogens is 4. The number of halogens is 3. The molecule has 0 spiro atoms. The quantitative estimate of drug-likeness (QED) is 0.861. The first-order valence-electron chi connectivity index (χ1n) is 5.83. The fourth-order valence-corrected chi connectivity index (χ4v) is 1.67. The molecule has 21 heavy (non-hydrogen) atoms. The van der Waals surface area contributed by atoms with Crippen LogP contribution in [0.1, 0.15) is 18.3 Å². The highest BCUT2D eigenvalue weighted by molar-refractivity contribution is 5.78. The second-order valence-electron chi connectivity index (χ2n) is 4.25. The predicted octanol–water partition coefficient (Wildman–Crippen LogP) is 1.82. The Labute approximate surface area is 117 Å². The number of ether oxygens (including phenoxy) is 1. The lowest BCUT2D eigenvalue weighted by atomic mass is 10.2. The summed E-state index contributed by atoms with van der Waals surface area (Å²) in [6.07, 6.45) is -0.989. The van der Waals surface area contributed by atoms with Crippen LogP contribution in [0.15, 0.2) is 18.6 Å². The molecule has 0 saturated carbocycles. The molecule has 0 aliphatic rings. The molecule has 6 nitrogen and oxygen atoms in total. The third-order valence-corrected chi connectivity index (χ3v) is 2.54. The van der Waals surface area contributed by atoms with Gasteiger partial charge in [-0.2, -0.15) is 13.2 Å². The second-order valence-corrected chi connectivity index (χ2v) is 4.25. The van der Waals surface area contributed by atoms with Gasteiger partial charge in [0.2, 0.25) is 11.7 Å². The first kappa shape index (κ1) is 14.9. The van der Waals surface area contributed by atoms with Crippen molar-refractivity contribution >= 4 is 5.78 Å². The number of methoxy groups -OCH3 is 1. The van der Waals surface area contributed by atoms with E-state index in [4.69, 9.17) is 4.74 Å². The smallest absolute Gasteiger partial charge is 0.451 e. The number of carbonyl (C=O) groups excluding carboxylic acids is 1. The SMILES string of the molecule is COc1nn(-c2cnc(C(F)(F)F)nc2)cc1CC(C)=O. The normalized spacial score (nSPS) is 11.5. The van der Waals surface area contributed by atoms with Gasteiger partial charge in [-0.3, -0.25) is 4.79 Å². The van der Waals surface area contributed by atoms with Gasteiger partial charge in [0.15, 0.2) is 0 Å². The molecule has 0 aromatic carbocycles. The minimum absolute atomic E-state index is 0.0866. The van der Waals surface area contributed by atoms with Crippen LogP contribution in [0.25, 0.3) is 5.69 Å². The number of hydrogen-bond donors (Lipinski definition) is 0. The first-order chi connectivity index (χ1) is 9.81. The Hall–Kier alpha value is -2.45. The molecule has 112 valence electrons. The monoisotopic (exact) mass is 300 g/mol. The molecule has 0 saturated heterocycles. The third-order valence-electron chi connectivity index (χ3n) is 2.54. The predicted molar refractivity (Wildman–Crippen MR) is 65.1 cm³/mol. The number of Topliss-reactive ketones (excluding diaryl/α,β-unsaturated/α-hetero) is 1. The van der Waals surface area contributed by atoms with Gasteiger partial charge >= 0.3 is 6.18 Å². The number of hydrogen-bond acceptors (Lipinski definition) is 5. The Bertz CT molecular complexity index is 650. The molecule has 2 aromatic heterocycles. The maximum Gasteiger partial charge on any atom is 0.451 e. The summed E-state index contributed by atoms with van der Waals surface area (Å²) in [5.74, 6) is -1.09. The minimum Gasteiger partial charge on any atom is -0.480 e. The van der Waals surface area contributed by atoms with Gasteiger partial charge < -0.3 is 4.74 Å². The van der Waals surface area contributed by atoms with E-state index in [1.807, 2.05) is 0 Å². The molecule has 0 radical (unpaired) electrons. The summed E-state index contributed by atoms with van der Waals surface area (Å²) in [7, 11) is 1.39. The van der Waals surface area contributed by atoms with E-state index >= 15 is 0 Å². The molecule has 0 aliphatic heterocycles. The van der Waals surface area contributed by atoms with Crippen LogP contribution in [0.5, 0.6) is 5.88 Å². The fraction of sp³-hybridized carbons (Fsp3) is 0.333. The molecular formula is C12H11F3N4O2. The molecular weight excluding hydrogens is 289 g/mol. The molecule has 0 aliphatic carbocycles. The van der Waals surface area contributed by atoms with Gasteiger partial charge in [-0.15, -0.1) is 5.10 Å². The number of ketones is 1. The van der Waals surface area contributed by atoms with Gasteiger partial charge in [-0.1, -0.05) is 0 Å². The van der Waals surface area contributed by atoms with Crippen LogP contribution < -0.4 is 4.74 Å². The van der Waals surface area contributed by atoms with Gasteiger partial charge in [-0.05, 0) is 6.92 Å². The lowest BCUT2D eigenvalue weighted by Crippen LogP contribution is -2.11. The van der Waals surface area contributed by atoms with Crippen LogP contribution in [-0.2, 0) is 17.4 Å². The maximum atomic E-state index is 12.4. The van der Waals surface area contributed by atoms with Crippen molar-refractivity contribution in [3.63, 3.8) is 0 Å². The van der Waals surface area contributed by atoms with Crippen LogP contribution in [0.2, 0.25) is 0 Å². The topological polar surface area (TPSA) is 69.9 Å². The van der Waals surface area contributed by atoms with Gasteiger partial charge in [0, 0.05) is 18.2 Å². The lowest BCUT2D eigenvalue weighted by molar-refractivity contribution is -0.145. The first-order valence-corrected chi connectivity index (χ1v) is 5.83. The highest BCUT2D eigenvalue weighted by Gasteiger charge is 2.34. The van der Waals surface area contributed by atoms with E-state index in [0.717, 1.165) is 12.4 Å². The lowest BCUT2D eigenvalue weighted by Gasteiger charge is -2.05. The van der Waals surface area contributed by atoms with Gasteiger partial charge in [-0.25, -0.2) is 14.6 Å². The van der Waals surface area contributed by atoms with Crippen LogP contribution in [0.3, 0.4) is 0 Å². The van der Waals surface area contributed by atoms with E-state index in [9.17, 15) is 18.0 Å². The Balaban J connectivity index is 2.34. The summed E-state index contributed by atoms with van der Waals surface area (Å²) in [5, 5.41) is 4.02. The average Bonchev–Trinajstić information content (AvgIpc) is 2.80. The Kier molecular flexibility index (Phi) is 3.92. The third kappa shape index (κ3) is 3.36. The van der Waals surface area contributed by atoms with E-state index < -0.39 is 12.0 Å². The van der Waals surface area contributed by atoms with Gasteiger partial charge in [0.1, 0.15) is 11.5 Å². The Morgan fingerprint density at radius 1 is 1.33 bits per heavy atom. The highest BCUT2D eigenvalue weighted by Crippen LogP contribution is 2.26. The second kappa shape index (κ2) is 5.51. The Morgan fingerprint density at radius 2 is 1.95 bits per heavy atom. The fourth-order valence-electron chi connectivity index (χ4n) is 1.67. The van der Waals surface area contributed by atoms with Crippen LogP contribution in [0, 0.1) is 0 Å². The van der Waals surface area contributed by atoms with E-state index in [0.29, 0.717) is 5.56 Å². The van der Waals surface area contributed by atoms with Crippen molar-refractivity contribution in [1.29, 1.82) is 0 Å². The van der Waals surface area contributed by atoms with Crippen molar-refractivity contribution in [2.24, 2.45) is 0 Å². The molecule has 0 atom stereocenters. The molecule has 9 heteroatoms. The highest BCUT2D eigenvalue weighted by atomic mass is 19.4. The summed E-state index contributed by atoms with van der Waals surface area (Å²) in [4.78, 5) is 17.6. The van der Waals surface area contributed by atoms with E-state index in [1.165, 1.54) is 24.9 Å². The molecule has 0 N–H and O–H groups in total. The molecule has 0 amide bonds. The molecule has 2 aromatic rings. The van der Waals surface area contributed by atoms with Crippen molar-refractivity contribution in [3.8, 4) is 11.6 Å². The van der Waals surface area contributed by atoms with Crippen molar-refractivity contribution in [2.45, 2.75) is 19.5 Å². The minimum atomic E-state index is -4.60. The van der Waals surface area contributed by atoms with Crippen LogP contribution in [0.4, 0.5) is 13.2 Å². The zero-order valence-corrected chi connectivity index (χ0v) is 11.2. The molecule has 2 rings (SSSR count).